The molecule has 5 heteroatoms. The lowest BCUT2D eigenvalue weighted by atomic mass is 9.81. The summed E-state index contributed by atoms with van der Waals surface area (Å²) < 4.78 is 5.53. The lowest BCUT2D eigenvalue weighted by Crippen LogP contribution is -2.38. The molecule has 2 N–H and O–H groups in total. The molecule has 1 saturated heterocycles. The van der Waals surface area contributed by atoms with E-state index in [9.17, 15) is 9.59 Å². The molecule has 2 aliphatic rings. The van der Waals surface area contributed by atoms with Gasteiger partial charge in [-0.15, -0.1) is 0 Å². The van der Waals surface area contributed by atoms with Gasteiger partial charge in [0.25, 0.3) is 0 Å². The molecular weight excluding hydrogens is 304 g/mol. The van der Waals surface area contributed by atoms with Gasteiger partial charge in [-0.05, 0) is 50.7 Å². The van der Waals surface area contributed by atoms with Crippen molar-refractivity contribution in [1.29, 1.82) is 0 Å². The van der Waals surface area contributed by atoms with Crippen LogP contribution in [0, 0.1) is 11.8 Å². The Labute approximate surface area is 143 Å². The molecule has 2 amide bonds. The Morgan fingerprint density at radius 3 is 2.25 bits per heavy atom. The third-order valence-electron chi connectivity index (χ3n) is 5.04. The minimum Gasteiger partial charge on any atom is -0.376 e. The molecule has 1 aliphatic heterocycles. The van der Waals surface area contributed by atoms with Crippen LogP contribution in [0.25, 0.3) is 0 Å². The van der Waals surface area contributed by atoms with Gasteiger partial charge < -0.3 is 15.4 Å². The molecule has 1 aromatic carbocycles. The quantitative estimate of drug-likeness (QED) is 0.872. The van der Waals surface area contributed by atoms with Crippen LogP contribution in [0.1, 0.15) is 38.5 Å². The predicted octanol–water partition coefficient (Wildman–Crippen LogP) is 2.73. The van der Waals surface area contributed by atoms with Crippen molar-refractivity contribution in [3.05, 3.63) is 30.3 Å². The van der Waals surface area contributed by atoms with E-state index >= 15 is 0 Å². The fraction of sp³-hybridized carbons (Fsp3) is 0.579. The van der Waals surface area contributed by atoms with Crippen molar-refractivity contribution in [2.24, 2.45) is 11.8 Å². The number of nitrogens with one attached hydrogen (secondary N) is 2. The van der Waals surface area contributed by atoms with Crippen LogP contribution in [-0.4, -0.2) is 31.1 Å². The van der Waals surface area contributed by atoms with E-state index in [0.717, 1.165) is 50.8 Å². The number of benzene rings is 1. The van der Waals surface area contributed by atoms with Gasteiger partial charge in [-0.3, -0.25) is 9.59 Å². The number of ether oxygens (including phenoxy) is 1. The number of hydrogen-bond donors (Lipinski definition) is 2. The van der Waals surface area contributed by atoms with Gasteiger partial charge in [-0.25, -0.2) is 0 Å². The van der Waals surface area contributed by atoms with Crippen molar-refractivity contribution >= 4 is 17.5 Å². The third kappa shape index (κ3) is 4.57. The largest absolute Gasteiger partial charge is 0.376 e. The minimum absolute atomic E-state index is 0.00687. The molecular formula is C19H26N2O3. The topological polar surface area (TPSA) is 67.4 Å². The molecule has 1 atom stereocenters. The number of para-hydroxylation sites is 1. The molecule has 1 heterocycles. The zero-order valence-corrected chi connectivity index (χ0v) is 14.0. The van der Waals surface area contributed by atoms with Crippen LogP contribution in [0.4, 0.5) is 5.69 Å². The van der Waals surface area contributed by atoms with Crippen LogP contribution in [0.15, 0.2) is 30.3 Å². The first-order valence-electron chi connectivity index (χ1n) is 8.97. The Morgan fingerprint density at radius 1 is 0.958 bits per heavy atom. The van der Waals surface area contributed by atoms with E-state index in [-0.39, 0.29) is 29.8 Å². The summed E-state index contributed by atoms with van der Waals surface area (Å²) in [6, 6.07) is 9.52. The second-order valence-corrected chi connectivity index (χ2v) is 6.78. The van der Waals surface area contributed by atoms with E-state index in [1.165, 1.54) is 0 Å². The Bertz CT molecular complexity index is 547. The van der Waals surface area contributed by atoms with E-state index in [4.69, 9.17) is 4.74 Å². The monoisotopic (exact) mass is 330 g/mol. The molecule has 3 rings (SSSR count). The molecule has 24 heavy (non-hydrogen) atoms. The van der Waals surface area contributed by atoms with Crippen molar-refractivity contribution in [3.8, 4) is 0 Å². The second kappa shape index (κ2) is 8.29. The summed E-state index contributed by atoms with van der Waals surface area (Å²) in [7, 11) is 0. The Kier molecular flexibility index (Phi) is 5.86. The van der Waals surface area contributed by atoms with Gasteiger partial charge in [0, 0.05) is 30.7 Å². The lowest BCUT2D eigenvalue weighted by Gasteiger charge is -2.27. The molecule has 1 aromatic rings. The smallest absolute Gasteiger partial charge is 0.227 e. The summed E-state index contributed by atoms with van der Waals surface area (Å²) >= 11 is 0. The normalized spacial score (nSPS) is 26.8. The van der Waals surface area contributed by atoms with Crippen molar-refractivity contribution in [3.63, 3.8) is 0 Å². The lowest BCUT2D eigenvalue weighted by molar-refractivity contribution is -0.128. The van der Waals surface area contributed by atoms with E-state index < -0.39 is 0 Å². The highest BCUT2D eigenvalue weighted by molar-refractivity contribution is 5.92. The van der Waals surface area contributed by atoms with Crippen LogP contribution in [0.2, 0.25) is 0 Å². The van der Waals surface area contributed by atoms with Crippen molar-refractivity contribution in [1.82, 2.24) is 5.32 Å². The first-order chi connectivity index (χ1) is 11.7. The van der Waals surface area contributed by atoms with Crippen molar-refractivity contribution < 1.29 is 14.3 Å². The average molecular weight is 330 g/mol. The minimum atomic E-state index is 0.00687. The van der Waals surface area contributed by atoms with Crippen LogP contribution < -0.4 is 10.6 Å². The summed E-state index contributed by atoms with van der Waals surface area (Å²) in [6.45, 7) is 1.43. The number of hydrogen-bond acceptors (Lipinski definition) is 3. The molecule has 0 bridgehead atoms. The van der Waals surface area contributed by atoms with E-state index in [2.05, 4.69) is 10.6 Å². The molecule has 0 radical (unpaired) electrons. The summed E-state index contributed by atoms with van der Waals surface area (Å²) in [6.07, 6.45) is 5.42. The maximum absolute atomic E-state index is 12.3. The van der Waals surface area contributed by atoms with Gasteiger partial charge in [0.1, 0.15) is 0 Å². The Morgan fingerprint density at radius 2 is 1.62 bits per heavy atom. The SMILES string of the molecule is O=C(NCC1CCCO1)C1CCC(C(=O)Nc2ccccc2)CC1. The number of anilines is 1. The van der Waals surface area contributed by atoms with E-state index in [1.807, 2.05) is 30.3 Å². The highest BCUT2D eigenvalue weighted by Gasteiger charge is 2.30. The van der Waals surface area contributed by atoms with Gasteiger partial charge in [0.15, 0.2) is 0 Å². The molecule has 0 aromatic heterocycles. The van der Waals surface area contributed by atoms with Crippen molar-refractivity contribution in [2.75, 3.05) is 18.5 Å². The zero-order chi connectivity index (χ0) is 16.8. The van der Waals surface area contributed by atoms with Crippen LogP contribution in [0.3, 0.4) is 0 Å². The summed E-state index contributed by atoms with van der Waals surface area (Å²) in [5.41, 5.74) is 0.832. The first-order valence-corrected chi connectivity index (χ1v) is 8.97. The van der Waals surface area contributed by atoms with Gasteiger partial charge in [0.2, 0.25) is 11.8 Å². The van der Waals surface area contributed by atoms with Crippen LogP contribution in [-0.2, 0) is 14.3 Å². The fourth-order valence-corrected chi connectivity index (χ4v) is 3.55. The molecule has 130 valence electrons. The first kappa shape index (κ1) is 17.0. The van der Waals surface area contributed by atoms with Crippen molar-refractivity contribution in [2.45, 2.75) is 44.6 Å². The fourth-order valence-electron chi connectivity index (χ4n) is 3.55. The van der Waals surface area contributed by atoms with Gasteiger partial charge in [-0.2, -0.15) is 0 Å². The van der Waals surface area contributed by atoms with Gasteiger partial charge in [-0.1, -0.05) is 18.2 Å². The molecule has 1 unspecified atom stereocenters. The number of carbonyl (C=O) groups is 2. The van der Waals surface area contributed by atoms with Gasteiger partial charge in [0.05, 0.1) is 6.10 Å². The second-order valence-electron chi connectivity index (χ2n) is 6.78. The predicted molar refractivity (Wildman–Crippen MR) is 92.5 cm³/mol. The van der Waals surface area contributed by atoms with Crippen LogP contribution >= 0.6 is 0 Å². The summed E-state index contributed by atoms with van der Waals surface area (Å²) in [5, 5.41) is 5.98. The maximum Gasteiger partial charge on any atom is 0.227 e. The van der Waals surface area contributed by atoms with Crippen LogP contribution in [0.5, 0.6) is 0 Å². The average Bonchev–Trinajstić information content (AvgIpc) is 3.14. The highest BCUT2D eigenvalue weighted by Crippen LogP contribution is 2.30. The van der Waals surface area contributed by atoms with E-state index in [1.54, 1.807) is 0 Å². The zero-order valence-electron chi connectivity index (χ0n) is 14.0. The molecule has 2 fully saturated rings. The highest BCUT2D eigenvalue weighted by atomic mass is 16.5. The summed E-state index contributed by atoms with van der Waals surface area (Å²) in [5.74, 6) is 0.228. The number of amides is 2. The number of rotatable bonds is 5. The Balaban J connectivity index is 1.40. The molecule has 5 nitrogen and oxygen atoms in total. The number of carbonyl (C=O) groups excluding carboxylic acids is 2. The molecule has 0 spiro atoms. The molecule has 1 aliphatic carbocycles. The third-order valence-corrected chi connectivity index (χ3v) is 5.04. The van der Waals surface area contributed by atoms with Gasteiger partial charge >= 0.3 is 0 Å². The summed E-state index contributed by atoms with van der Waals surface area (Å²) in [4.78, 5) is 24.6. The Hall–Kier alpha value is -1.88. The standard InChI is InChI=1S/C19H26N2O3/c22-18(20-13-17-7-4-12-24-17)14-8-10-15(11-9-14)19(23)21-16-5-2-1-3-6-16/h1-3,5-6,14-15,17H,4,7-13H2,(H,20,22)(H,21,23). The molecule has 1 saturated carbocycles. The van der Waals surface area contributed by atoms with E-state index in [0.29, 0.717) is 6.54 Å². The maximum atomic E-state index is 12.3.